The van der Waals surface area contributed by atoms with E-state index in [1.165, 1.54) is 25.8 Å². The van der Waals surface area contributed by atoms with Gasteiger partial charge in [-0.05, 0) is 25.1 Å². The summed E-state index contributed by atoms with van der Waals surface area (Å²) in [6.45, 7) is 2.06. The number of aromatic nitrogens is 1. The Morgan fingerprint density at radius 1 is 1.00 bits per heavy atom. The lowest BCUT2D eigenvalue weighted by atomic mass is 10.1. The molecule has 4 rings (SSSR count). The zero-order chi connectivity index (χ0) is 13.7. The lowest BCUT2D eigenvalue weighted by molar-refractivity contribution is 1.28. The molecule has 0 N–H and O–H groups in total. The molecule has 0 atom stereocenters. The molecule has 0 bridgehead atoms. The fourth-order valence-corrected chi connectivity index (χ4v) is 4.83. The minimum Gasteiger partial charge on any atom is -0.241 e. The fourth-order valence-electron chi connectivity index (χ4n) is 2.43. The van der Waals surface area contributed by atoms with Crippen LogP contribution in [0.2, 0.25) is 5.02 Å². The molecule has 0 amide bonds. The Hall–Kier alpha value is -1.29. The van der Waals surface area contributed by atoms with Crippen molar-refractivity contribution in [2.24, 2.45) is 0 Å². The van der Waals surface area contributed by atoms with Gasteiger partial charge in [-0.15, -0.1) is 11.3 Å². The van der Waals surface area contributed by atoms with Gasteiger partial charge in [-0.1, -0.05) is 47.6 Å². The third-order valence-corrected chi connectivity index (χ3v) is 5.66. The van der Waals surface area contributed by atoms with Crippen molar-refractivity contribution in [3.8, 4) is 21.7 Å². The van der Waals surface area contributed by atoms with Crippen molar-refractivity contribution < 1.29 is 0 Å². The van der Waals surface area contributed by atoms with Crippen molar-refractivity contribution in [3.05, 3.63) is 52.5 Å². The van der Waals surface area contributed by atoms with E-state index in [9.17, 15) is 0 Å². The SMILES string of the molecule is Cc1nc2c(s1)-c1ccccc1Sc1cc(Cl)ccc1-2. The number of halogens is 1. The molecule has 0 fully saturated rings. The predicted octanol–water partition coefficient (Wildman–Crippen LogP) is 5.90. The Morgan fingerprint density at radius 2 is 1.85 bits per heavy atom. The quantitative estimate of drug-likeness (QED) is 0.400. The van der Waals surface area contributed by atoms with E-state index in [1.54, 1.807) is 23.1 Å². The Morgan fingerprint density at radius 3 is 2.75 bits per heavy atom. The summed E-state index contributed by atoms with van der Waals surface area (Å²) in [5, 5.41) is 1.86. The molecular weight excluding hydrogens is 306 g/mol. The molecule has 1 aliphatic rings. The second kappa shape index (κ2) is 4.62. The van der Waals surface area contributed by atoms with Crippen LogP contribution in [0, 0.1) is 6.92 Å². The molecule has 0 unspecified atom stereocenters. The second-order valence-corrected chi connectivity index (χ2v) is 7.37. The molecule has 1 aliphatic heterocycles. The highest BCUT2D eigenvalue weighted by molar-refractivity contribution is 7.99. The van der Waals surface area contributed by atoms with E-state index in [4.69, 9.17) is 16.6 Å². The van der Waals surface area contributed by atoms with Crippen LogP contribution in [0.5, 0.6) is 0 Å². The molecule has 4 heteroatoms. The van der Waals surface area contributed by atoms with Gasteiger partial charge in [0, 0.05) is 25.9 Å². The van der Waals surface area contributed by atoms with Crippen molar-refractivity contribution in [3.63, 3.8) is 0 Å². The van der Waals surface area contributed by atoms with Gasteiger partial charge in [-0.3, -0.25) is 0 Å². The molecule has 2 aromatic carbocycles. The summed E-state index contributed by atoms with van der Waals surface area (Å²) in [6, 6.07) is 14.5. The van der Waals surface area contributed by atoms with Crippen molar-refractivity contribution in [1.29, 1.82) is 0 Å². The maximum atomic E-state index is 6.16. The molecule has 0 saturated carbocycles. The first-order valence-corrected chi connectivity index (χ1v) is 8.28. The van der Waals surface area contributed by atoms with E-state index in [-0.39, 0.29) is 0 Å². The van der Waals surface area contributed by atoms with Crippen LogP contribution < -0.4 is 0 Å². The van der Waals surface area contributed by atoms with Gasteiger partial charge < -0.3 is 0 Å². The summed E-state index contributed by atoms with van der Waals surface area (Å²) >= 11 is 9.68. The van der Waals surface area contributed by atoms with Crippen molar-refractivity contribution in [2.75, 3.05) is 0 Å². The largest absolute Gasteiger partial charge is 0.241 e. The van der Waals surface area contributed by atoms with E-state index in [2.05, 4.69) is 37.3 Å². The maximum Gasteiger partial charge on any atom is 0.0908 e. The molecule has 0 aliphatic carbocycles. The van der Waals surface area contributed by atoms with Gasteiger partial charge in [0.25, 0.3) is 0 Å². The van der Waals surface area contributed by atoms with Gasteiger partial charge in [0.05, 0.1) is 15.6 Å². The first-order valence-electron chi connectivity index (χ1n) is 6.27. The first kappa shape index (κ1) is 12.5. The Bertz CT molecular complexity index is 823. The number of aryl methyl sites for hydroxylation is 1. The lowest BCUT2D eigenvalue weighted by Gasteiger charge is -2.05. The summed E-state index contributed by atoms with van der Waals surface area (Å²) in [6.07, 6.45) is 0. The maximum absolute atomic E-state index is 6.16. The highest BCUT2D eigenvalue weighted by Crippen LogP contribution is 2.49. The van der Waals surface area contributed by atoms with Crippen molar-refractivity contribution in [1.82, 2.24) is 4.98 Å². The van der Waals surface area contributed by atoms with Gasteiger partial charge in [0.15, 0.2) is 0 Å². The zero-order valence-corrected chi connectivity index (χ0v) is 13.1. The third kappa shape index (κ3) is 1.89. The molecule has 2 heterocycles. The lowest BCUT2D eigenvalue weighted by Crippen LogP contribution is -1.82. The van der Waals surface area contributed by atoms with Crippen LogP contribution >= 0.6 is 34.7 Å². The Labute approximate surface area is 130 Å². The number of benzene rings is 2. The zero-order valence-electron chi connectivity index (χ0n) is 10.7. The van der Waals surface area contributed by atoms with E-state index < -0.39 is 0 Å². The molecule has 0 spiro atoms. The van der Waals surface area contributed by atoms with Crippen LogP contribution in [-0.4, -0.2) is 4.98 Å². The topological polar surface area (TPSA) is 12.9 Å². The van der Waals surface area contributed by atoms with Crippen LogP contribution in [0.15, 0.2) is 52.3 Å². The number of rotatable bonds is 0. The highest BCUT2D eigenvalue weighted by atomic mass is 35.5. The number of hydrogen-bond donors (Lipinski definition) is 0. The summed E-state index contributed by atoms with van der Waals surface area (Å²) in [4.78, 5) is 8.44. The molecule has 0 saturated heterocycles. The molecule has 20 heavy (non-hydrogen) atoms. The standard InChI is InChI=1S/C16H10ClNS2/c1-9-18-15-11-7-6-10(17)8-14(11)20-13-5-3-2-4-12(13)16(15)19-9/h2-8H,1H3. The van der Waals surface area contributed by atoms with E-state index in [0.717, 1.165) is 15.7 Å². The monoisotopic (exact) mass is 315 g/mol. The average molecular weight is 316 g/mol. The van der Waals surface area contributed by atoms with Crippen LogP contribution in [0.3, 0.4) is 0 Å². The number of nitrogens with zero attached hydrogens (tertiary/aromatic N) is 1. The molecule has 0 radical (unpaired) electrons. The average Bonchev–Trinajstić information content (AvgIpc) is 2.76. The molecule has 1 aromatic heterocycles. The Kier molecular flexibility index (Phi) is 2.88. The minimum atomic E-state index is 0.768. The second-order valence-electron chi connectivity index (χ2n) is 4.65. The molecule has 98 valence electrons. The molecular formula is C16H10ClNS2. The summed E-state index contributed by atoms with van der Waals surface area (Å²) < 4.78 is 0. The molecule has 1 nitrogen and oxygen atoms in total. The smallest absolute Gasteiger partial charge is 0.0908 e. The van der Waals surface area contributed by atoms with Crippen LogP contribution in [0.1, 0.15) is 5.01 Å². The summed E-state index contributed by atoms with van der Waals surface area (Å²) in [5.74, 6) is 0. The van der Waals surface area contributed by atoms with Crippen molar-refractivity contribution in [2.45, 2.75) is 16.7 Å². The fraction of sp³-hybridized carbons (Fsp3) is 0.0625. The van der Waals surface area contributed by atoms with Gasteiger partial charge in [0.2, 0.25) is 0 Å². The van der Waals surface area contributed by atoms with Gasteiger partial charge in [-0.2, -0.15) is 0 Å². The van der Waals surface area contributed by atoms with E-state index >= 15 is 0 Å². The van der Waals surface area contributed by atoms with Gasteiger partial charge >= 0.3 is 0 Å². The summed E-state index contributed by atoms with van der Waals surface area (Å²) in [5.41, 5.74) is 3.52. The van der Waals surface area contributed by atoms with E-state index in [1.807, 2.05) is 12.1 Å². The minimum absolute atomic E-state index is 0.768. The van der Waals surface area contributed by atoms with Gasteiger partial charge in [-0.25, -0.2) is 4.98 Å². The van der Waals surface area contributed by atoms with Crippen molar-refractivity contribution >= 4 is 34.7 Å². The number of fused-ring (bicyclic) bond motifs is 5. The first-order chi connectivity index (χ1) is 9.72. The predicted molar refractivity (Wildman–Crippen MR) is 86.9 cm³/mol. The van der Waals surface area contributed by atoms with Crippen LogP contribution in [-0.2, 0) is 0 Å². The number of thiazole rings is 1. The number of hydrogen-bond acceptors (Lipinski definition) is 3. The Balaban J connectivity index is 2.10. The normalized spacial score (nSPS) is 12.3. The third-order valence-electron chi connectivity index (χ3n) is 3.28. The summed E-state index contributed by atoms with van der Waals surface area (Å²) in [7, 11) is 0. The van der Waals surface area contributed by atoms with E-state index in [0.29, 0.717) is 0 Å². The van der Waals surface area contributed by atoms with Crippen LogP contribution in [0.25, 0.3) is 21.7 Å². The highest BCUT2D eigenvalue weighted by Gasteiger charge is 2.23. The molecule has 3 aromatic rings. The van der Waals surface area contributed by atoms with Gasteiger partial charge in [0.1, 0.15) is 0 Å². The van der Waals surface area contributed by atoms with Crippen LogP contribution in [0.4, 0.5) is 0 Å².